The maximum atomic E-state index is 9.89. The second-order valence-corrected chi connectivity index (χ2v) is 6.22. The van der Waals surface area contributed by atoms with Crippen LogP contribution in [-0.2, 0) is 0 Å². The van der Waals surface area contributed by atoms with Crippen molar-refractivity contribution in [2.24, 2.45) is 0 Å². The van der Waals surface area contributed by atoms with E-state index in [1.54, 1.807) is 11.3 Å². The fourth-order valence-corrected chi connectivity index (χ4v) is 4.57. The summed E-state index contributed by atoms with van der Waals surface area (Å²) in [6.45, 7) is 0. The summed E-state index contributed by atoms with van der Waals surface area (Å²) in [5.74, 6) is 0.260. The number of halogens is 2. The Hall–Kier alpha value is -0.580. The molecule has 0 radical (unpaired) electrons. The van der Waals surface area contributed by atoms with Gasteiger partial charge in [0.1, 0.15) is 5.75 Å². The molecule has 0 fully saturated rings. The van der Waals surface area contributed by atoms with E-state index in [0.717, 1.165) is 19.0 Å². The molecular weight excluding hydrogens is 352 g/mol. The Labute approximate surface area is 113 Å². The van der Waals surface area contributed by atoms with Crippen molar-refractivity contribution in [3.8, 4) is 5.75 Å². The number of phenols is 1. The molecule has 0 bridgehead atoms. The van der Waals surface area contributed by atoms with Gasteiger partial charge in [0.2, 0.25) is 0 Å². The smallest absolute Gasteiger partial charge is 0.144 e. The zero-order valence-electron chi connectivity index (χ0n) is 8.00. The first-order chi connectivity index (χ1) is 7.68. The molecule has 0 aliphatic rings. The van der Waals surface area contributed by atoms with E-state index in [0.29, 0.717) is 0 Å². The molecule has 0 saturated heterocycles. The summed E-state index contributed by atoms with van der Waals surface area (Å²) in [5.41, 5.74) is 0. The Balaban J connectivity index is 2.62. The minimum atomic E-state index is 0.260. The molecule has 3 aromatic rings. The van der Waals surface area contributed by atoms with Crippen LogP contribution in [0.15, 0.2) is 39.3 Å². The van der Waals surface area contributed by atoms with Gasteiger partial charge in [0.15, 0.2) is 0 Å². The number of phenolic OH excluding ortho intramolecular Hbond substituents is 1. The van der Waals surface area contributed by atoms with Crippen molar-refractivity contribution in [1.29, 1.82) is 0 Å². The van der Waals surface area contributed by atoms with E-state index in [4.69, 9.17) is 0 Å². The number of aromatic hydroxyl groups is 1. The number of thiophene rings is 1. The van der Waals surface area contributed by atoms with Crippen LogP contribution in [0.4, 0.5) is 0 Å². The standard InChI is InChI=1S/C12H6Br2OS/c13-7-5-9-10(11(14)12(7)15)6-3-1-2-4-8(6)16-9/h1-5,15H. The normalized spacial score (nSPS) is 11.4. The molecule has 80 valence electrons. The van der Waals surface area contributed by atoms with Gasteiger partial charge >= 0.3 is 0 Å². The van der Waals surface area contributed by atoms with E-state index in [1.807, 2.05) is 18.2 Å². The summed E-state index contributed by atoms with van der Waals surface area (Å²) < 4.78 is 3.88. The molecule has 0 atom stereocenters. The lowest BCUT2D eigenvalue weighted by atomic mass is 10.1. The molecule has 1 heterocycles. The van der Waals surface area contributed by atoms with Crippen LogP contribution in [0.2, 0.25) is 0 Å². The Morgan fingerprint density at radius 2 is 1.81 bits per heavy atom. The highest BCUT2D eigenvalue weighted by molar-refractivity contribution is 9.11. The second kappa shape index (κ2) is 3.72. The molecule has 0 aliphatic heterocycles. The maximum Gasteiger partial charge on any atom is 0.144 e. The average Bonchev–Trinajstić information content (AvgIpc) is 2.64. The van der Waals surface area contributed by atoms with E-state index in [1.165, 1.54) is 10.1 Å². The van der Waals surface area contributed by atoms with Gasteiger partial charge in [0.25, 0.3) is 0 Å². The molecular formula is C12H6Br2OS. The molecule has 0 spiro atoms. The first kappa shape index (κ1) is 10.6. The zero-order valence-corrected chi connectivity index (χ0v) is 12.0. The predicted octanol–water partition coefficient (Wildman–Crippen LogP) is 5.29. The van der Waals surface area contributed by atoms with Gasteiger partial charge in [-0.3, -0.25) is 0 Å². The minimum Gasteiger partial charge on any atom is -0.506 e. The van der Waals surface area contributed by atoms with E-state index >= 15 is 0 Å². The van der Waals surface area contributed by atoms with Crippen LogP contribution in [0.25, 0.3) is 20.2 Å². The molecule has 3 rings (SSSR count). The van der Waals surface area contributed by atoms with Crippen molar-refractivity contribution < 1.29 is 5.11 Å². The second-order valence-electron chi connectivity index (χ2n) is 3.49. The topological polar surface area (TPSA) is 20.2 Å². The van der Waals surface area contributed by atoms with Crippen LogP contribution in [-0.4, -0.2) is 5.11 Å². The Bertz CT molecular complexity index is 703. The van der Waals surface area contributed by atoms with E-state index in [-0.39, 0.29) is 5.75 Å². The molecule has 16 heavy (non-hydrogen) atoms. The zero-order chi connectivity index (χ0) is 11.3. The van der Waals surface area contributed by atoms with Crippen molar-refractivity contribution in [2.45, 2.75) is 0 Å². The van der Waals surface area contributed by atoms with E-state index < -0.39 is 0 Å². The SMILES string of the molecule is Oc1c(Br)cc2sc3ccccc3c2c1Br. The van der Waals surface area contributed by atoms with Gasteiger partial charge in [-0.2, -0.15) is 0 Å². The first-order valence-electron chi connectivity index (χ1n) is 4.66. The molecule has 0 saturated carbocycles. The summed E-state index contributed by atoms with van der Waals surface area (Å²) in [4.78, 5) is 0. The van der Waals surface area contributed by atoms with Crippen LogP contribution in [0.3, 0.4) is 0 Å². The van der Waals surface area contributed by atoms with Crippen molar-refractivity contribution in [3.05, 3.63) is 39.3 Å². The molecule has 1 aromatic heterocycles. The van der Waals surface area contributed by atoms with Crippen LogP contribution in [0, 0.1) is 0 Å². The van der Waals surface area contributed by atoms with Gasteiger partial charge in [-0.1, -0.05) is 18.2 Å². The third-order valence-electron chi connectivity index (χ3n) is 2.53. The van der Waals surface area contributed by atoms with Gasteiger partial charge in [0, 0.05) is 20.2 Å². The fraction of sp³-hybridized carbons (Fsp3) is 0. The number of hydrogen-bond acceptors (Lipinski definition) is 2. The van der Waals surface area contributed by atoms with Gasteiger partial charge in [0.05, 0.1) is 8.95 Å². The predicted molar refractivity (Wildman–Crippen MR) is 76.4 cm³/mol. The number of hydrogen-bond donors (Lipinski definition) is 1. The summed E-state index contributed by atoms with van der Waals surface area (Å²) in [6, 6.07) is 10.2. The highest BCUT2D eigenvalue weighted by Crippen LogP contribution is 2.45. The number of rotatable bonds is 0. The van der Waals surface area contributed by atoms with Crippen LogP contribution in [0.5, 0.6) is 5.75 Å². The van der Waals surface area contributed by atoms with E-state index in [2.05, 4.69) is 44.0 Å². The Kier molecular flexibility index (Phi) is 2.46. The lowest BCUT2D eigenvalue weighted by molar-refractivity contribution is 0.469. The quantitative estimate of drug-likeness (QED) is 0.579. The Morgan fingerprint density at radius 1 is 1.06 bits per heavy atom. The first-order valence-corrected chi connectivity index (χ1v) is 7.07. The van der Waals surface area contributed by atoms with E-state index in [9.17, 15) is 5.11 Å². The molecule has 1 N–H and O–H groups in total. The summed E-state index contributed by atoms with van der Waals surface area (Å²) >= 11 is 8.54. The fourth-order valence-electron chi connectivity index (χ4n) is 1.80. The summed E-state index contributed by atoms with van der Waals surface area (Å²) in [7, 11) is 0. The van der Waals surface area contributed by atoms with Gasteiger partial charge in [-0.05, 0) is 44.0 Å². The minimum absolute atomic E-state index is 0.260. The molecule has 0 unspecified atom stereocenters. The average molecular weight is 358 g/mol. The third-order valence-corrected chi connectivity index (χ3v) is 5.03. The van der Waals surface area contributed by atoms with Gasteiger partial charge in [-0.25, -0.2) is 0 Å². The van der Waals surface area contributed by atoms with Crippen LogP contribution >= 0.6 is 43.2 Å². The summed E-state index contributed by atoms with van der Waals surface area (Å²) in [5, 5.41) is 12.2. The molecule has 0 aliphatic carbocycles. The monoisotopic (exact) mass is 356 g/mol. The molecule has 2 aromatic carbocycles. The van der Waals surface area contributed by atoms with Crippen molar-refractivity contribution in [2.75, 3.05) is 0 Å². The number of benzene rings is 2. The molecule has 4 heteroatoms. The van der Waals surface area contributed by atoms with Gasteiger partial charge in [-0.15, -0.1) is 11.3 Å². The lowest BCUT2D eigenvalue weighted by Gasteiger charge is -2.02. The van der Waals surface area contributed by atoms with Crippen molar-refractivity contribution in [1.82, 2.24) is 0 Å². The van der Waals surface area contributed by atoms with Crippen LogP contribution in [0.1, 0.15) is 0 Å². The van der Waals surface area contributed by atoms with Gasteiger partial charge < -0.3 is 5.11 Å². The summed E-state index contributed by atoms with van der Waals surface area (Å²) in [6.07, 6.45) is 0. The maximum absolute atomic E-state index is 9.89. The van der Waals surface area contributed by atoms with Crippen LogP contribution < -0.4 is 0 Å². The lowest BCUT2D eigenvalue weighted by Crippen LogP contribution is -1.74. The Morgan fingerprint density at radius 3 is 2.62 bits per heavy atom. The highest BCUT2D eigenvalue weighted by Gasteiger charge is 2.13. The number of fused-ring (bicyclic) bond motifs is 3. The van der Waals surface area contributed by atoms with Crippen molar-refractivity contribution in [3.63, 3.8) is 0 Å². The third kappa shape index (κ3) is 1.40. The highest BCUT2D eigenvalue weighted by atomic mass is 79.9. The molecule has 1 nitrogen and oxygen atoms in total. The molecule has 0 amide bonds. The largest absolute Gasteiger partial charge is 0.506 e. The van der Waals surface area contributed by atoms with Crippen molar-refractivity contribution >= 4 is 63.4 Å².